The SMILES string of the molecule is CCc1sc(Oc2ccc(Cl)cc2)nc1-c1nn[nH]c1C#N. The van der Waals surface area contributed by atoms with Crippen LogP contribution < -0.4 is 4.74 Å². The van der Waals surface area contributed by atoms with E-state index in [1.807, 2.05) is 13.0 Å². The van der Waals surface area contributed by atoms with Gasteiger partial charge in [-0.25, -0.2) is 10.1 Å². The van der Waals surface area contributed by atoms with Crippen LogP contribution in [0.2, 0.25) is 5.02 Å². The lowest BCUT2D eigenvalue weighted by Gasteiger charge is -2.00. The van der Waals surface area contributed by atoms with Crippen molar-refractivity contribution in [1.82, 2.24) is 20.4 Å². The maximum absolute atomic E-state index is 9.07. The van der Waals surface area contributed by atoms with Gasteiger partial charge in [0, 0.05) is 9.90 Å². The number of nitrogens with one attached hydrogen (secondary N) is 1. The van der Waals surface area contributed by atoms with Gasteiger partial charge in [0.15, 0.2) is 11.4 Å². The van der Waals surface area contributed by atoms with Crippen LogP contribution >= 0.6 is 22.9 Å². The predicted octanol–water partition coefficient (Wildman–Crippen LogP) is 3.81. The molecular formula is C14H10ClN5OS. The molecule has 0 amide bonds. The first-order valence-electron chi connectivity index (χ1n) is 6.46. The van der Waals surface area contributed by atoms with E-state index in [-0.39, 0.29) is 5.69 Å². The Hall–Kier alpha value is -2.43. The number of nitrogens with zero attached hydrogens (tertiary/aromatic N) is 4. The summed E-state index contributed by atoms with van der Waals surface area (Å²) in [5.41, 5.74) is 1.36. The molecular weight excluding hydrogens is 322 g/mol. The lowest BCUT2D eigenvalue weighted by Crippen LogP contribution is -1.88. The van der Waals surface area contributed by atoms with Gasteiger partial charge in [-0.15, -0.1) is 5.10 Å². The Balaban J connectivity index is 1.95. The number of thiazole rings is 1. The van der Waals surface area contributed by atoms with Gasteiger partial charge in [0.1, 0.15) is 17.5 Å². The normalized spacial score (nSPS) is 10.4. The van der Waals surface area contributed by atoms with Gasteiger partial charge in [-0.1, -0.05) is 35.1 Å². The van der Waals surface area contributed by atoms with Crippen LogP contribution in [0.3, 0.4) is 0 Å². The Kier molecular flexibility index (Phi) is 4.04. The molecule has 3 rings (SSSR count). The first kappa shape index (κ1) is 14.5. The van der Waals surface area contributed by atoms with E-state index in [0.717, 1.165) is 11.3 Å². The quantitative estimate of drug-likeness (QED) is 0.785. The van der Waals surface area contributed by atoms with Crippen LogP contribution in [0.15, 0.2) is 24.3 Å². The fraction of sp³-hybridized carbons (Fsp3) is 0.143. The van der Waals surface area contributed by atoms with Gasteiger partial charge in [-0.2, -0.15) is 5.26 Å². The number of halogens is 1. The summed E-state index contributed by atoms with van der Waals surface area (Å²) in [7, 11) is 0. The average molecular weight is 332 g/mol. The number of aromatic nitrogens is 4. The molecule has 0 aliphatic heterocycles. The van der Waals surface area contributed by atoms with E-state index >= 15 is 0 Å². The maximum Gasteiger partial charge on any atom is 0.279 e. The lowest BCUT2D eigenvalue weighted by molar-refractivity contribution is 0.479. The highest BCUT2D eigenvalue weighted by molar-refractivity contribution is 7.13. The fourth-order valence-corrected chi connectivity index (χ4v) is 2.87. The molecule has 0 saturated carbocycles. The summed E-state index contributed by atoms with van der Waals surface area (Å²) in [6, 6.07) is 9.05. The first-order chi connectivity index (χ1) is 10.7. The zero-order valence-electron chi connectivity index (χ0n) is 11.5. The first-order valence-corrected chi connectivity index (χ1v) is 7.65. The van der Waals surface area contributed by atoms with Gasteiger partial charge in [-0.3, -0.25) is 0 Å². The number of hydrogen-bond donors (Lipinski definition) is 1. The summed E-state index contributed by atoms with van der Waals surface area (Å²) >= 11 is 7.27. The van der Waals surface area contributed by atoms with E-state index in [1.165, 1.54) is 11.3 Å². The number of H-pyrrole nitrogens is 1. The van der Waals surface area contributed by atoms with E-state index in [0.29, 0.717) is 27.4 Å². The molecule has 1 N–H and O–H groups in total. The molecule has 110 valence electrons. The second kappa shape index (κ2) is 6.13. The van der Waals surface area contributed by atoms with Gasteiger partial charge in [0.2, 0.25) is 0 Å². The Morgan fingerprint density at radius 3 is 2.77 bits per heavy atom. The number of ether oxygens (including phenoxy) is 1. The van der Waals surface area contributed by atoms with E-state index < -0.39 is 0 Å². The van der Waals surface area contributed by atoms with Crippen molar-refractivity contribution >= 4 is 22.9 Å². The van der Waals surface area contributed by atoms with Crippen LogP contribution in [-0.4, -0.2) is 20.4 Å². The zero-order chi connectivity index (χ0) is 15.5. The van der Waals surface area contributed by atoms with Gasteiger partial charge >= 0.3 is 0 Å². The van der Waals surface area contributed by atoms with Crippen molar-refractivity contribution in [1.29, 1.82) is 5.26 Å². The van der Waals surface area contributed by atoms with Gasteiger partial charge in [0.25, 0.3) is 5.19 Å². The number of nitriles is 1. The number of hydrogen-bond acceptors (Lipinski definition) is 6. The molecule has 2 heterocycles. The molecule has 22 heavy (non-hydrogen) atoms. The number of aryl methyl sites for hydroxylation is 1. The van der Waals surface area contributed by atoms with Crippen LogP contribution in [0.5, 0.6) is 10.9 Å². The number of aromatic amines is 1. The molecule has 0 spiro atoms. The minimum Gasteiger partial charge on any atom is -0.431 e. The van der Waals surface area contributed by atoms with Gasteiger partial charge < -0.3 is 4.74 Å². The molecule has 2 aromatic heterocycles. The zero-order valence-corrected chi connectivity index (χ0v) is 13.1. The van der Waals surface area contributed by atoms with E-state index in [4.69, 9.17) is 21.6 Å². The third-order valence-corrected chi connectivity index (χ3v) is 4.23. The number of rotatable bonds is 4. The third-order valence-electron chi connectivity index (χ3n) is 2.90. The number of benzene rings is 1. The minimum absolute atomic E-state index is 0.290. The lowest BCUT2D eigenvalue weighted by atomic mass is 10.2. The van der Waals surface area contributed by atoms with E-state index in [2.05, 4.69) is 20.4 Å². The molecule has 0 radical (unpaired) electrons. The molecule has 0 atom stereocenters. The smallest absolute Gasteiger partial charge is 0.279 e. The Labute approximate surface area is 135 Å². The summed E-state index contributed by atoms with van der Waals surface area (Å²) in [6.45, 7) is 2.01. The van der Waals surface area contributed by atoms with E-state index in [1.54, 1.807) is 24.3 Å². The Bertz CT molecular complexity index is 834. The average Bonchev–Trinajstić information content (AvgIpc) is 3.15. The molecule has 0 aliphatic carbocycles. The van der Waals surface area contributed by atoms with Crippen molar-refractivity contribution in [3.63, 3.8) is 0 Å². The molecule has 0 saturated heterocycles. The van der Waals surface area contributed by atoms with Crippen molar-refractivity contribution < 1.29 is 4.74 Å². The minimum atomic E-state index is 0.290. The molecule has 0 bridgehead atoms. The fourth-order valence-electron chi connectivity index (χ4n) is 1.87. The monoisotopic (exact) mass is 331 g/mol. The summed E-state index contributed by atoms with van der Waals surface area (Å²) in [4.78, 5) is 5.42. The summed E-state index contributed by atoms with van der Waals surface area (Å²) in [6.07, 6.45) is 0.759. The van der Waals surface area contributed by atoms with Crippen LogP contribution in [0.1, 0.15) is 17.5 Å². The second-order valence-electron chi connectivity index (χ2n) is 4.31. The van der Waals surface area contributed by atoms with Crippen molar-refractivity contribution in [2.45, 2.75) is 13.3 Å². The highest BCUT2D eigenvalue weighted by Gasteiger charge is 2.19. The molecule has 6 nitrogen and oxygen atoms in total. The van der Waals surface area contributed by atoms with Gasteiger partial charge in [0.05, 0.1) is 0 Å². The molecule has 1 aromatic carbocycles. The maximum atomic E-state index is 9.07. The molecule has 8 heteroatoms. The second-order valence-corrected chi connectivity index (χ2v) is 5.79. The van der Waals surface area contributed by atoms with Crippen LogP contribution in [0, 0.1) is 11.3 Å². The van der Waals surface area contributed by atoms with E-state index in [9.17, 15) is 0 Å². The summed E-state index contributed by atoms with van der Waals surface area (Å²) in [5, 5.41) is 20.4. The molecule has 0 fully saturated rings. The Morgan fingerprint density at radius 2 is 2.09 bits per heavy atom. The molecule has 0 unspecified atom stereocenters. The molecule has 0 aliphatic rings. The van der Waals surface area contributed by atoms with Crippen LogP contribution in [0.4, 0.5) is 0 Å². The third kappa shape index (κ3) is 2.79. The van der Waals surface area contributed by atoms with Crippen molar-refractivity contribution in [3.8, 4) is 28.4 Å². The predicted molar refractivity (Wildman–Crippen MR) is 83.1 cm³/mol. The highest BCUT2D eigenvalue weighted by atomic mass is 35.5. The highest BCUT2D eigenvalue weighted by Crippen LogP contribution is 2.35. The summed E-state index contributed by atoms with van der Waals surface area (Å²) in [5.74, 6) is 0.646. The van der Waals surface area contributed by atoms with Crippen molar-refractivity contribution in [2.24, 2.45) is 0 Å². The Morgan fingerprint density at radius 1 is 1.32 bits per heavy atom. The van der Waals surface area contributed by atoms with Crippen molar-refractivity contribution in [3.05, 3.63) is 39.9 Å². The standard InChI is InChI=1S/C14H10ClN5OS/c1-2-11-13(12-10(7-16)18-20-19-12)17-14(22-11)21-9-5-3-8(15)4-6-9/h3-6H,2H2,1H3,(H,18,19,20). The van der Waals surface area contributed by atoms with Crippen LogP contribution in [0.25, 0.3) is 11.4 Å². The molecule has 3 aromatic rings. The largest absolute Gasteiger partial charge is 0.431 e. The topological polar surface area (TPSA) is 87.5 Å². The van der Waals surface area contributed by atoms with Crippen molar-refractivity contribution in [2.75, 3.05) is 0 Å². The summed E-state index contributed by atoms with van der Waals surface area (Å²) < 4.78 is 5.74. The van der Waals surface area contributed by atoms with Gasteiger partial charge in [-0.05, 0) is 30.7 Å². The van der Waals surface area contributed by atoms with Crippen LogP contribution in [-0.2, 0) is 6.42 Å².